The van der Waals surface area contributed by atoms with Gasteiger partial charge >= 0.3 is 5.97 Å². The van der Waals surface area contributed by atoms with Crippen LogP contribution < -0.4 is 15.4 Å². The Bertz CT molecular complexity index is 1210. The zero-order valence-electron chi connectivity index (χ0n) is 17.7. The minimum absolute atomic E-state index is 0.0533. The number of halogens is 3. The van der Waals surface area contributed by atoms with E-state index in [0.29, 0.717) is 11.8 Å². The zero-order valence-corrected chi connectivity index (χ0v) is 17.7. The van der Waals surface area contributed by atoms with Gasteiger partial charge in [-0.2, -0.15) is 0 Å². The van der Waals surface area contributed by atoms with E-state index in [0.717, 1.165) is 6.07 Å². The number of nitrogens with zero attached hydrogens (tertiary/aromatic N) is 1. The van der Waals surface area contributed by atoms with E-state index in [9.17, 15) is 27.6 Å². The van der Waals surface area contributed by atoms with E-state index in [1.54, 1.807) is 30.5 Å². The molecule has 2 N–H and O–H groups in total. The molecule has 1 heterocycles. The predicted molar refractivity (Wildman–Crippen MR) is 114 cm³/mol. The van der Waals surface area contributed by atoms with E-state index in [-0.39, 0.29) is 11.3 Å². The van der Waals surface area contributed by atoms with Gasteiger partial charge in [-0.15, -0.1) is 0 Å². The lowest BCUT2D eigenvalue weighted by atomic mass is 10.2. The Kier molecular flexibility index (Phi) is 7.80. The Balaban J connectivity index is 1.55. The van der Waals surface area contributed by atoms with Crippen LogP contribution in [0, 0.1) is 17.5 Å². The highest BCUT2D eigenvalue weighted by Gasteiger charge is 2.22. The molecule has 0 saturated carbocycles. The molecule has 0 fully saturated rings. The van der Waals surface area contributed by atoms with E-state index < -0.39 is 53.6 Å². The van der Waals surface area contributed by atoms with Gasteiger partial charge in [0.1, 0.15) is 17.1 Å². The normalized spacial score (nSPS) is 11.3. The van der Waals surface area contributed by atoms with Gasteiger partial charge in [-0.3, -0.25) is 14.6 Å². The number of benzene rings is 2. The third-order valence-corrected chi connectivity index (χ3v) is 4.35. The molecule has 3 aromatic rings. The molecule has 1 aromatic heterocycles. The lowest BCUT2D eigenvalue weighted by Gasteiger charge is -2.15. The number of nitrogens with one attached hydrogen (secondary N) is 2. The third-order valence-electron chi connectivity index (χ3n) is 4.35. The van der Waals surface area contributed by atoms with Crippen LogP contribution in [0.25, 0.3) is 0 Å². The van der Waals surface area contributed by atoms with Crippen LogP contribution >= 0.6 is 0 Å². The second kappa shape index (κ2) is 10.9. The Morgan fingerprint density at radius 2 is 1.76 bits per heavy atom. The summed E-state index contributed by atoms with van der Waals surface area (Å²) in [6, 6.07) is 11.0. The number of esters is 1. The Morgan fingerprint density at radius 1 is 1.00 bits per heavy atom. The van der Waals surface area contributed by atoms with Gasteiger partial charge in [0.2, 0.25) is 5.91 Å². The number of para-hydroxylation sites is 1. The molecule has 176 valence electrons. The molecule has 1 atom stereocenters. The first-order valence-electron chi connectivity index (χ1n) is 9.85. The lowest BCUT2D eigenvalue weighted by Crippen LogP contribution is -2.40. The van der Waals surface area contributed by atoms with Crippen molar-refractivity contribution in [2.24, 2.45) is 0 Å². The molecule has 3 rings (SSSR count). The van der Waals surface area contributed by atoms with Gasteiger partial charge < -0.3 is 20.1 Å². The fraction of sp³-hybridized carbons (Fsp3) is 0.130. The van der Waals surface area contributed by atoms with Gasteiger partial charge in [0.05, 0.1) is 18.4 Å². The van der Waals surface area contributed by atoms with Gasteiger partial charge in [0, 0.05) is 6.20 Å². The molecule has 1 unspecified atom stereocenters. The van der Waals surface area contributed by atoms with Crippen LogP contribution in [0.4, 0.5) is 18.9 Å². The molecule has 2 aromatic carbocycles. The second-order valence-electron chi connectivity index (χ2n) is 6.82. The maximum absolute atomic E-state index is 13.6. The molecule has 0 aliphatic heterocycles. The van der Waals surface area contributed by atoms with Crippen LogP contribution in [0.1, 0.15) is 17.3 Å². The van der Waals surface area contributed by atoms with Crippen molar-refractivity contribution in [2.75, 3.05) is 11.9 Å². The monoisotopic (exact) mass is 473 g/mol. The highest BCUT2D eigenvalue weighted by molar-refractivity contribution is 5.97. The van der Waals surface area contributed by atoms with E-state index in [4.69, 9.17) is 9.47 Å². The summed E-state index contributed by atoms with van der Waals surface area (Å²) in [5.74, 6) is -6.74. The molecule has 0 radical (unpaired) electrons. The molecule has 0 saturated heterocycles. The molecule has 34 heavy (non-hydrogen) atoms. The van der Waals surface area contributed by atoms with Crippen molar-refractivity contribution in [3.05, 3.63) is 83.9 Å². The molecular formula is C23H18F3N3O5. The number of hydrogen-bond donors (Lipinski definition) is 2. The van der Waals surface area contributed by atoms with E-state index in [2.05, 4.69) is 10.3 Å². The summed E-state index contributed by atoms with van der Waals surface area (Å²) in [4.78, 5) is 40.6. The van der Waals surface area contributed by atoms with Crippen molar-refractivity contribution in [2.45, 2.75) is 13.0 Å². The largest absolute Gasteiger partial charge is 0.455 e. The first-order chi connectivity index (χ1) is 16.3. The molecule has 11 heteroatoms. The van der Waals surface area contributed by atoms with Crippen LogP contribution in [-0.4, -0.2) is 35.4 Å². The van der Waals surface area contributed by atoms with Crippen molar-refractivity contribution >= 4 is 23.5 Å². The SMILES string of the molecule is CC(OC(=O)c1ccccc1Oc1cccnc1)C(=O)NCC(=O)Nc1ccc(F)c(F)c1F. The predicted octanol–water partition coefficient (Wildman–Crippen LogP) is 3.59. The van der Waals surface area contributed by atoms with Gasteiger partial charge in [0.15, 0.2) is 23.6 Å². The zero-order chi connectivity index (χ0) is 24.7. The Labute approximate surface area is 191 Å². The first kappa shape index (κ1) is 24.2. The number of carbonyl (C=O) groups excluding carboxylic acids is 3. The van der Waals surface area contributed by atoms with Gasteiger partial charge in [0.25, 0.3) is 5.91 Å². The number of anilines is 1. The summed E-state index contributed by atoms with van der Waals surface area (Å²) in [6.45, 7) is 0.643. The van der Waals surface area contributed by atoms with Crippen molar-refractivity contribution in [1.29, 1.82) is 0 Å². The number of carbonyl (C=O) groups is 3. The quantitative estimate of drug-likeness (QED) is 0.383. The van der Waals surface area contributed by atoms with Crippen molar-refractivity contribution in [1.82, 2.24) is 10.3 Å². The molecule has 0 bridgehead atoms. The standard InChI is InChI=1S/C23H18F3N3O5/c1-13(22(31)28-12-19(30)29-17-9-8-16(24)20(25)21(17)26)33-23(32)15-6-2-3-7-18(15)34-14-5-4-10-27-11-14/h2-11,13H,12H2,1H3,(H,28,31)(H,29,30). The summed E-state index contributed by atoms with van der Waals surface area (Å²) in [6.07, 6.45) is 1.71. The minimum Gasteiger partial charge on any atom is -0.455 e. The molecule has 0 spiro atoms. The van der Waals surface area contributed by atoms with Crippen molar-refractivity contribution in [3.63, 3.8) is 0 Å². The smallest absolute Gasteiger partial charge is 0.342 e. The average Bonchev–Trinajstić information content (AvgIpc) is 2.83. The van der Waals surface area contributed by atoms with Crippen molar-refractivity contribution < 1.29 is 37.0 Å². The minimum atomic E-state index is -1.74. The number of pyridine rings is 1. The summed E-state index contributed by atoms with van der Waals surface area (Å²) in [7, 11) is 0. The maximum Gasteiger partial charge on any atom is 0.342 e. The molecule has 2 amide bonds. The van der Waals surface area contributed by atoms with Crippen LogP contribution in [-0.2, 0) is 14.3 Å². The van der Waals surface area contributed by atoms with Crippen LogP contribution in [0.3, 0.4) is 0 Å². The van der Waals surface area contributed by atoms with Crippen LogP contribution in [0.15, 0.2) is 60.9 Å². The highest BCUT2D eigenvalue weighted by atomic mass is 19.2. The highest BCUT2D eigenvalue weighted by Crippen LogP contribution is 2.25. The number of ether oxygens (including phenoxy) is 2. The number of rotatable bonds is 8. The van der Waals surface area contributed by atoms with E-state index in [1.807, 2.05) is 5.32 Å². The lowest BCUT2D eigenvalue weighted by molar-refractivity contribution is -0.130. The Hall–Kier alpha value is -4.41. The van der Waals surface area contributed by atoms with Crippen molar-refractivity contribution in [3.8, 4) is 11.5 Å². The fourth-order valence-corrected chi connectivity index (χ4v) is 2.66. The summed E-state index contributed by atoms with van der Waals surface area (Å²) < 4.78 is 50.6. The van der Waals surface area contributed by atoms with E-state index in [1.165, 1.54) is 25.3 Å². The molecular weight excluding hydrogens is 455 g/mol. The first-order valence-corrected chi connectivity index (χ1v) is 9.85. The molecule has 0 aliphatic carbocycles. The molecule has 0 aliphatic rings. The number of amides is 2. The number of hydrogen-bond acceptors (Lipinski definition) is 6. The summed E-state index contributed by atoms with van der Waals surface area (Å²) in [5, 5.41) is 4.21. The Morgan fingerprint density at radius 3 is 2.50 bits per heavy atom. The topological polar surface area (TPSA) is 107 Å². The molecule has 8 nitrogen and oxygen atoms in total. The van der Waals surface area contributed by atoms with Crippen LogP contribution in [0.5, 0.6) is 11.5 Å². The van der Waals surface area contributed by atoms with E-state index >= 15 is 0 Å². The maximum atomic E-state index is 13.6. The average molecular weight is 473 g/mol. The van der Waals surface area contributed by atoms with Crippen LogP contribution in [0.2, 0.25) is 0 Å². The second-order valence-corrected chi connectivity index (χ2v) is 6.82. The summed E-state index contributed by atoms with van der Waals surface area (Å²) in [5.41, 5.74) is -0.541. The number of aromatic nitrogens is 1. The third kappa shape index (κ3) is 6.09. The fourth-order valence-electron chi connectivity index (χ4n) is 2.66. The van der Waals surface area contributed by atoms with Gasteiger partial charge in [-0.1, -0.05) is 12.1 Å². The van der Waals surface area contributed by atoms with Gasteiger partial charge in [-0.05, 0) is 43.3 Å². The van der Waals surface area contributed by atoms with Gasteiger partial charge in [-0.25, -0.2) is 18.0 Å². The summed E-state index contributed by atoms with van der Waals surface area (Å²) >= 11 is 0.